The van der Waals surface area contributed by atoms with Crippen molar-refractivity contribution in [1.29, 1.82) is 0 Å². The van der Waals surface area contributed by atoms with Gasteiger partial charge in [-0.2, -0.15) is 0 Å². The number of hydrogen-bond acceptors (Lipinski definition) is 0. The lowest BCUT2D eigenvalue weighted by atomic mass is 10.1. The van der Waals surface area contributed by atoms with E-state index in [2.05, 4.69) is 0 Å². The smallest absolute Gasteiger partial charge is 0.115 e. The third-order valence-corrected chi connectivity index (χ3v) is 3.35. The van der Waals surface area contributed by atoms with E-state index >= 15 is 0 Å². The summed E-state index contributed by atoms with van der Waals surface area (Å²) in [6.45, 7) is 3.57. The molecule has 1 atom stereocenters. The minimum atomic E-state index is -1.37. The van der Waals surface area contributed by atoms with Gasteiger partial charge < -0.3 is 0 Å². The maximum Gasteiger partial charge on any atom is 0.209 e. The van der Waals surface area contributed by atoms with Crippen LogP contribution in [0.2, 0.25) is 0 Å². The predicted molar refractivity (Wildman–Crippen MR) is 44.8 cm³/mol. The first-order valence-electron chi connectivity index (χ1n) is 2.57. The second kappa shape index (κ2) is 3.04. The summed E-state index contributed by atoms with van der Waals surface area (Å²) < 4.78 is -1.37. The Morgan fingerprint density at radius 3 is 1.44 bits per heavy atom. The van der Waals surface area contributed by atoms with Crippen molar-refractivity contribution in [1.82, 2.24) is 0 Å². The van der Waals surface area contributed by atoms with Gasteiger partial charge in [-0.3, -0.25) is 0 Å². The van der Waals surface area contributed by atoms with Crippen molar-refractivity contribution in [3.05, 3.63) is 0 Å². The molecule has 56 valence electrons. The molecular weight excluding hydrogens is 202 g/mol. The van der Waals surface area contributed by atoms with Crippen molar-refractivity contribution in [2.45, 2.75) is 28.9 Å². The average Bonchev–Trinajstić information content (AvgIpc) is 1.64. The first-order valence-corrected chi connectivity index (χ1v) is 4.08. The summed E-state index contributed by atoms with van der Waals surface area (Å²) in [5.74, 6) is 0. The maximum absolute atomic E-state index is 5.80. The van der Waals surface area contributed by atoms with Crippen molar-refractivity contribution in [3.8, 4) is 0 Å². The van der Waals surface area contributed by atoms with Crippen LogP contribution >= 0.6 is 46.4 Å². The Labute approximate surface area is 75.4 Å². The molecule has 0 aliphatic heterocycles. The minimum absolute atomic E-state index is 0.630. The molecule has 0 fully saturated rings. The van der Waals surface area contributed by atoms with Gasteiger partial charge in [0.2, 0.25) is 3.79 Å². The summed E-state index contributed by atoms with van der Waals surface area (Å²) in [5, 5.41) is 0. The maximum atomic E-state index is 5.80. The van der Waals surface area contributed by atoms with Crippen LogP contribution in [-0.4, -0.2) is 8.67 Å². The standard InChI is InChI=1S/C5H8Cl4/c1-3-4(2,6)5(7,8)9/h3H2,1-2H3. The third-order valence-electron chi connectivity index (χ3n) is 1.26. The van der Waals surface area contributed by atoms with E-state index < -0.39 is 8.67 Å². The molecule has 0 radical (unpaired) electrons. The lowest BCUT2D eigenvalue weighted by Crippen LogP contribution is -2.32. The van der Waals surface area contributed by atoms with Crippen molar-refractivity contribution in [2.75, 3.05) is 0 Å². The van der Waals surface area contributed by atoms with Crippen LogP contribution in [0.3, 0.4) is 0 Å². The Balaban J connectivity index is 4.14. The number of hydrogen-bond donors (Lipinski definition) is 0. The molecular formula is C5H8Cl4. The lowest BCUT2D eigenvalue weighted by Gasteiger charge is -2.27. The van der Waals surface area contributed by atoms with Gasteiger partial charge >= 0.3 is 0 Å². The molecule has 0 bridgehead atoms. The summed E-state index contributed by atoms with van der Waals surface area (Å²) in [5.41, 5.74) is 0. The average molecular weight is 210 g/mol. The molecule has 0 amide bonds. The van der Waals surface area contributed by atoms with Gasteiger partial charge in [-0.1, -0.05) is 41.7 Å². The second-order valence-corrected chi connectivity index (χ2v) is 5.16. The highest BCUT2D eigenvalue weighted by molar-refractivity contribution is 6.70. The van der Waals surface area contributed by atoms with E-state index in [-0.39, 0.29) is 0 Å². The van der Waals surface area contributed by atoms with Crippen LogP contribution in [0.1, 0.15) is 20.3 Å². The lowest BCUT2D eigenvalue weighted by molar-refractivity contribution is 0.621. The fourth-order valence-electron chi connectivity index (χ4n) is 0.200. The van der Waals surface area contributed by atoms with Gasteiger partial charge in [0.25, 0.3) is 0 Å². The molecule has 0 nitrogen and oxygen atoms in total. The van der Waals surface area contributed by atoms with Gasteiger partial charge in [0, 0.05) is 0 Å². The quantitative estimate of drug-likeness (QED) is 0.577. The summed E-state index contributed by atoms with van der Waals surface area (Å²) in [4.78, 5) is -0.752. The normalized spacial score (nSPS) is 19.3. The largest absolute Gasteiger partial charge is 0.209 e. The Morgan fingerprint density at radius 1 is 1.11 bits per heavy atom. The van der Waals surface area contributed by atoms with E-state index in [4.69, 9.17) is 46.4 Å². The van der Waals surface area contributed by atoms with Gasteiger partial charge in [0.05, 0.1) is 4.87 Å². The molecule has 0 aliphatic carbocycles. The molecule has 0 N–H and O–H groups in total. The van der Waals surface area contributed by atoms with Gasteiger partial charge in [-0.05, 0) is 13.3 Å². The monoisotopic (exact) mass is 208 g/mol. The molecule has 0 aromatic carbocycles. The van der Waals surface area contributed by atoms with Crippen LogP contribution in [0, 0.1) is 0 Å². The van der Waals surface area contributed by atoms with E-state index in [1.807, 2.05) is 6.92 Å². The van der Waals surface area contributed by atoms with Crippen LogP contribution in [-0.2, 0) is 0 Å². The van der Waals surface area contributed by atoms with Crippen LogP contribution in [0.15, 0.2) is 0 Å². The van der Waals surface area contributed by atoms with E-state index in [1.54, 1.807) is 6.92 Å². The molecule has 0 saturated carbocycles. The molecule has 0 aliphatic rings. The Kier molecular flexibility index (Phi) is 3.43. The predicted octanol–water partition coefficient (Wildman–Crippen LogP) is 3.76. The highest BCUT2D eigenvalue weighted by Crippen LogP contribution is 2.44. The highest BCUT2D eigenvalue weighted by Gasteiger charge is 2.41. The third kappa shape index (κ3) is 2.71. The molecule has 0 rings (SSSR count). The van der Waals surface area contributed by atoms with Crippen LogP contribution in [0.25, 0.3) is 0 Å². The van der Waals surface area contributed by atoms with Gasteiger partial charge in [-0.15, -0.1) is 11.6 Å². The SMILES string of the molecule is CCC(C)(Cl)C(Cl)(Cl)Cl. The molecule has 0 saturated heterocycles. The van der Waals surface area contributed by atoms with E-state index in [0.29, 0.717) is 6.42 Å². The van der Waals surface area contributed by atoms with Gasteiger partial charge in [-0.25, -0.2) is 0 Å². The molecule has 1 unspecified atom stereocenters. The number of alkyl halides is 4. The minimum Gasteiger partial charge on any atom is -0.115 e. The van der Waals surface area contributed by atoms with E-state index in [1.165, 1.54) is 0 Å². The van der Waals surface area contributed by atoms with Gasteiger partial charge in [0.1, 0.15) is 0 Å². The van der Waals surface area contributed by atoms with Crippen molar-refractivity contribution >= 4 is 46.4 Å². The highest BCUT2D eigenvalue weighted by atomic mass is 35.6. The molecule has 0 aromatic rings. The zero-order valence-corrected chi connectivity index (χ0v) is 8.24. The van der Waals surface area contributed by atoms with Gasteiger partial charge in [0.15, 0.2) is 0 Å². The summed E-state index contributed by atoms with van der Waals surface area (Å²) in [7, 11) is 0. The van der Waals surface area contributed by atoms with E-state index in [9.17, 15) is 0 Å². The zero-order valence-electron chi connectivity index (χ0n) is 5.22. The van der Waals surface area contributed by atoms with Crippen molar-refractivity contribution in [2.24, 2.45) is 0 Å². The Morgan fingerprint density at radius 2 is 1.44 bits per heavy atom. The van der Waals surface area contributed by atoms with Crippen LogP contribution < -0.4 is 0 Å². The summed E-state index contributed by atoms with van der Waals surface area (Å²) in [6, 6.07) is 0. The second-order valence-electron chi connectivity index (χ2n) is 2.05. The fourth-order valence-corrected chi connectivity index (χ4v) is 0.601. The molecule has 0 aromatic heterocycles. The van der Waals surface area contributed by atoms with Crippen LogP contribution in [0.4, 0.5) is 0 Å². The first-order chi connectivity index (χ1) is 3.81. The summed E-state index contributed by atoms with van der Waals surface area (Å²) in [6.07, 6.45) is 0.630. The Bertz CT molecular complexity index is 91.6. The molecule has 4 heteroatoms. The zero-order chi connectivity index (χ0) is 7.71. The van der Waals surface area contributed by atoms with Crippen molar-refractivity contribution < 1.29 is 0 Å². The number of halogens is 4. The fraction of sp³-hybridized carbons (Fsp3) is 1.00. The number of rotatable bonds is 1. The van der Waals surface area contributed by atoms with E-state index in [0.717, 1.165) is 0 Å². The van der Waals surface area contributed by atoms with Crippen molar-refractivity contribution in [3.63, 3.8) is 0 Å². The first kappa shape index (κ1) is 10.2. The van der Waals surface area contributed by atoms with Crippen LogP contribution in [0.5, 0.6) is 0 Å². The summed E-state index contributed by atoms with van der Waals surface area (Å²) >= 11 is 22.4. The topological polar surface area (TPSA) is 0 Å². The molecule has 0 heterocycles. The molecule has 9 heavy (non-hydrogen) atoms. The molecule has 0 spiro atoms. The Hall–Kier alpha value is 1.16.